The second-order valence-electron chi connectivity index (χ2n) is 5.64. The van der Waals surface area contributed by atoms with Crippen LogP contribution in [-0.4, -0.2) is 48.5 Å². The summed E-state index contributed by atoms with van der Waals surface area (Å²) in [6, 6.07) is 6.00. The molecule has 19 heavy (non-hydrogen) atoms. The van der Waals surface area contributed by atoms with Gasteiger partial charge in [0.1, 0.15) is 11.8 Å². The van der Waals surface area contributed by atoms with Gasteiger partial charge in [0.25, 0.3) is 0 Å². The summed E-state index contributed by atoms with van der Waals surface area (Å²) >= 11 is 0. The number of piperidine rings is 1. The van der Waals surface area contributed by atoms with E-state index in [1.54, 1.807) is 6.20 Å². The van der Waals surface area contributed by atoms with Gasteiger partial charge in [0.15, 0.2) is 0 Å². The molecule has 1 aliphatic heterocycles. The number of pyridine rings is 1. The molecule has 1 aliphatic rings. The summed E-state index contributed by atoms with van der Waals surface area (Å²) in [5, 5.41) is 8.86. The second kappa shape index (κ2) is 6.65. The minimum atomic E-state index is 0.514. The molecule has 0 bridgehead atoms. The van der Waals surface area contributed by atoms with Crippen molar-refractivity contribution in [3.8, 4) is 6.07 Å². The fourth-order valence-electron chi connectivity index (χ4n) is 2.74. The fourth-order valence-corrected chi connectivity index (χ4v) is 2.74. The second-order valence-corrected chi connectivity index (χ2v) is 5.64. The van der Waals surface area contributed by atoms with E-state index in [0.717, 1.165) is 25.6 Å². The first-order valence-electron chi connectivity index (χ1n) is 6.89. The van der Waals surface area contributed by atoms with Crippen LogP contribution in [0, 0.1) is 17.2 Å². The van der Waals surface area contributed by atoms with E-state index in [9.17, 15) is 0 Å². The lowest BCUT2D eigenvalue weighted by Crippen LogP contribution is -2.36. The van der Waals surface area contributed by atoms with Crippen LogP contribution in [0.5, 0.6) is 0 Å². The van der Waals surface area contributed by atoms with Gasteiger partial charge in [-0.25, -0.2) is 4.98 Å². The maximum absolute atomic E-state index is 8.86. The Kier molecular flexibility index (Phi) is 4.89. The molecule has 0 radical (unpaired) electrons. The number of hydrogen-bond donors (Lipinski definition) is 0. The average Bonchev–Trinajstić information content (AvgIpc) is 2.41. The van der Waals surface area contributed by atoms with Gasteiger partial charge in [0, 0.05) is 19.3 Å². The topological polar surface area (TPSA) is 43.2 Å². The van der Waals surface area contributed by atoms with Gasteiger partial charge >= 0.3 is 0 Å². The van der Waals surface area contributed by atoms with Crippen LogP contribution in [0.2, 0.25) is 0 Å². The predicted molar refractivity (Wildman–Crippen MR) is 75.5 cm³/mol. The van der Waals surface area contributed by atoms with Gasteiger partial charge in [-0.1, -0.05) is 0 Å². The molecule has 2 rings (SSSR count). The summed E-state index contributed by atoms with van der Waals surface area (Å²) in [6.45, 7) is 4.44. The Bertz CT molecular complexity index is 442. The zero-order chi connectivity index (χ0) is 13.7. The van der Waals surface area contributed by atoms with Crippen LogP contribution in [0.3, 0.4) is 0 Å². The van der Waals surface area contributed by atoms with E-state index >= 15 is 0 Å². The standard InChI is InChI=1S/C15H22N4/c1-18(2)11-13-4-7-19(8-5-13)12-14-3-6-17-15(9-14)10-16/h3,6,9,13H,4-5,7-8,11-12H2,1-2H3. The zero-order valence-corrected chi connectivity index (χ0v) is 11.8. The maximum atomic E-state index is 8.86. The number of likely N-dealkylation sites (tertiary alicyclic amines) is 1. The number of aromatic nitrogens is 1. The normalized spacial score (nSPS) is 17.6. The van der Waals surface area contributed by atoms with Crippen molar-refractivity contribution in [1.82, 2.24) is 14.8 Å². The molecule has 1 aromatic rings. The van der Waals surface area contributed by atoms with Crippen molar-refractivity contribution in [3.05, 3.63) is 29.6 Å². The van der Waals surface area contributed by atoms with Gasteiger partial charge in [-0.3, -0.25) is 4.90 Å². The minimum Gasteiger partial charge on any atom is -0.309 e. The van der Waals surface area contributed by atoms with E-state index in [-0.39, 0.29) is 0 Å². The third kappa shape index (κ3) is 4.30. The summed E-state index contributed by atoms with van der Waals surface area (Å²) in [6.07, 6.45) is 4.27. The van der Waals surface area contributed by atoms with Crippen LogP contribution < -0.4 is 0 Å². The predicted octanol–water partition coefficient (Wildman–Crippen LogP) is 1.73. The van der Waals surface area contributed by atoms with E-state index in [1.807, 2.05) is 12.1 Å². The molecule has 2 heterocycles. The van der Waals surface area contributed by atoms with Gasteiger partial charge in [-0.2, -0.15) is 5.26 Å². The number of nitrogens with zero attached hydrogens (tertiary/aromatic N) is 4. The lowest BCUT2D eigenvalue weighted by molar-refractivity contribution is 0.157. The molecule has 1 saturated heterocycles. The van der Waals surface area contributed by atoms with Crippen molar-refractivity contribution in [1.29, 1.82) is 5.26 Å². The lowest BCUT2D eigenvalue weighted by atomic mass is 9.96. The Morgan fingerprint density at radius 1 is 1.42 bits per heavy atom. The van der Waals surface area contributed by atoms with E-state index < -0.39 is 0 Å². The van der Waals surface area contributed by atoms with Gasteiger partial charge in [0.2, 0.25) is 0 Å². The quantitative estimate of drug-likeness (QED) is 0.825. The Morgan fingerprint density at radius 3 is 2.79 bits per heavy atom. The van der Waals surface area contributed by atoms with Gasteiger partial charge in [-0.05, 0) is 63.6 Å². The van der Waals surface area contributed by atoms with E-state index in [2.05, 4.69) is 34.9 Å². The Hall–Kier alpha value is -1.44. The summed E-state index contributed by atoms with van der Waals surface area (Å²) in [5.41, 5.74) is 1.71. The highest BCUT2D eigenvalue weighted by molar-refractivity contribution is 5.25. The molecular formula is C15H22N4. The van der Waals surface area contributed by atoms with Crippen LogP contribution in [0.15, 0.2) is 18.3 Å². The number of rotatable bonds is 4. The lowest BCUT2D eigenvalue weighted by Gasteiger charge is -2.33. The van der Waals surface area contributed by atoms with Crippen LogP contribution >= 0.6 is 0 Å². The minimum absolute atomic E-state index is 0.514. The van der Waals surface area contributed by atoms with Crippen molar-refractivity contribution < 1.29 is 0 Å². The smallest absolute Gasteiger partial charge is 0.140 e. The number of nitriles is 1. The summed E-state index contributed by atoms with van der Waals surface area (Å²) in [7, 11) is 4.29. The number of hydrogen-bond acceptors (Lipinski definition) is 4. The van der Waals surface area contributed by atoms with E-state index in [0.29, 0.717) is 5.69 Å². The van der Waals surface area contributed by atoms with Crippen LogP contribution in [0.25, 0.3) is 0 Å². The first-order valence-corrected chi connectivity index (χ1v) is 6.89. The van der Waals surface area contributed by atoms with Crippen LogP contribution in [-0.2, 0) is 6.54 Å². The molecule has 0 aliphatic carbocycles. The molecule has 0 spiro atoms. The van der Waals surface area contributed by atoms with Crippen molar-refractivity contribution in [2.24, 2.45) is 5.92 Å². The molecule has 0 unspecified atom stereocenters. The first-order chi connectivity index (χ1) is 9.17. The molecule has 4 heteroatoms. The third-order valence-electron chi connectivity index (χ3n) is 3.68. The van der Waals surface area contributed by atoms with E-state index in [1.165, 1.54) is 24.9 Å². The van der Waals surface area contributed by atoms with Crippen molar-refractivity contribution in [2.45, 2.75) is 19.4 Å². The highest BCUT2D eigenvalue weighted by Gasteiger charge is 2.19. The van der Waals surface area contributed by atoms with Gasteiger partial charge in [-0.15, -0.1) is 0 Å². The average molecular weight is 258 g/mol. The SMILES string of the molecule is CN(C)CC1CCN(Cc2ccnc(C#N)c2)CC1. The summed E-state index contributed by atoms with van der Waals surface area (Å²) < 4.78 is 0. The van der Waals surface area contributed by atoms with E-state index in [4.69, 9.17) is 5.26 Å². The monoisotopic (exact) mass is 258 g/mol. The summed E-state index contributed by atoms with van der Waals surface area (Å²) in [5.74, 6) is 0.832. The highest BCUT2D eigenvalue weighted by atomic mass is 15.1. The molecule has 1 aromatic heterocycles. The molecule has 0 amide bonds. The van der Waals surface area contributed by atoms with Crippen molar-refractivity contribution >= 4 is 0 Å². The molecule has 1 fully saturated rings. The Balaban J connectivity index is 1.84. The van der Waals surface area contributed by atoms with Crippen molar-refractivity contribution in [3.63, 3.8) is 0 Å². The molecule has 0 aromatic carbocycles. The molecular weight excluding hydrogens is 236 g/mol. The van der Waals surface area contributed by atoms with Crippen molar-refractivity contribution in [2.75, 3.05) is 33.7 Å². The van der Waals surface area contributed by atoms with Gasteiger partial charge in [0.05, 0.1) is 0 Å². The third-order valence-corrected chi connectivity index (χ3v) is 3.68. The molecule has 0 atom stereocenters. The highest BCUT2D eigenvalue weighted by Crippen LogP contribution is 2.19. The zero-order valence-electron chi connectivity index (χ0n) is 11.8. The molecule has 4 nitrogen and oxygen atoms in total. The fraction of sp³-hybridized carbons (Fsp3) is 0.600. The molecule has 0 N–H and O–H groups in total. The maximum Gasteiger partial charge on any atom is 0.140 e. The van der Waals surface area contributed by atoms with Crippen LogP contribution in [0.4, 0.5) is 0 Å². The van der Waals surface area contributed by atoms with Crippen LogP contribution in [0.1, 0.15) is 24.1 Å². The van der Waals surface area contributed by atoms with Gasteiger partial charge < -0.3 is 4.90 Å². The first kappa shape index (κ1) is 14.0. The molecule has 102 valence electrons. The largest absolute Gasteiger partial charge is 0.309 e. The molecule has 0 saturated carbocycles. The Morgan fingerprint density at radius 2 is 2.16 bits per heavy atom. The summed E-state index contributed by atoms with van der Waals surface area (Å²) in [4.78, 5) is 8.77. The Labute approximate surface area is 115 Å².